The first-order valence-electron chi connectivity index (χ1n) is 6.90. The minimum atomic E-state index is -0.0643. The van der Waals surface area contributed by atoms with Gasteiger partial charge in [0.05, 0.1) is 12.7 Å². The molecule has 1 aromatic carbocycles. The van der Waals surface area contributed by atoms with Gasteiger partial charge in [-0.3, -0.25) is 4.79 Å². The predicted molar refractivity (Wildman–Crippen MR) is 82.6 cm³/mol. The monoisotopic (exact) mass is 278 g/mol. The minimum Gasteiger partial charge on any atom is -0.496 e. The maximum Gasteiger partial charge on any atom is 0.257 e. The Morgan fingerprint density at radius 1 is 1.35 bits per heavy atom. The molecular weight excluding hydrogens is 252 g/mol. The third kappa shape index (κ3) is 3.73. The van der Waals surface area contributed by atoms with E-state index in [0.717, 1.165) is 12.1 Å². The van der Waals surface area contributed by atoms with E-state index in [1.165, 1.54) is 0 Å². The Kier molecular flexibility index (Phi) is 5.57. The van der Waals surface area contributed by atoms with Gasteiger partial charge < -0.3 is 15.0 Å². The lowest BCUT2D eigenvalue weighted by atomic mass is 9.85. The fourth-order valence-electron chi connectivity index (χ4n) is 2.10. The smallest absolute Gasteiger partial charge is 0.257 e. The summed E-state index contributed by atoms with van der Waals surface area (Å²) in [6, 6.07) is 5.76. The molecule has 0 aliphatic rings. The molecule has 1 N–H and O–H groups in total. The second-order valence-corrected chi connectivity index (χ2v) is 5.97. The topological polar surface area (TPSA) is 41.6 Å². The normalized spacial score (nSPS) is 11.3. The van der Waals surface area contributed by atoms with Gasteiger partial charge in [-0.1, -0.05) is 32.9 Å². The number of hydrogen-bond acceptors (Lipinski definition) is 3. The molecule has 1 amide bonds. The van der Waals surface area contributed by atoms with Gasteiger partial charge >= 0.3 is 0 Å². The van der Waals surface area contributed by atoms with Crippen LogP contribution in [0, 0.1) is 0 Å². The summed E-state index contributed by atoms with van der Waals surface area (Å²) in [4.78, 5) is 14.2. The Balaban J connectivity index is 3.15. The Morgan fingerprint density at radius 2 is 2.00 bits per heavy atom. The third-order valence-corrected chi connectivity index (χ3v) is 3.30. The molecule has 4 heteroatoms. The molecule has 0 unspecified atom stereocenters. The molecule has 0 saturated heterocycles. The lowest BCUT2D eigenvalue weighted by molar-refractivity contribution is 0.0793. The van der Waals surface area contributed by atoms with Crippen molar-refractivity contribution in [1.82, 2.24) is 10.2 Å². The number of carbonyl (C=O) groups is 1. The van der Waals surface area contributed by atoms with Crippen LogP contribution in [-0.2, 0) is 5.41 Å². The predicted octanol–water partition coefficient (Wildman–Crippen LogP) is 2.28. The largest absolute Gasteiger partial charge is 0.496 e. The van der Waals surface area contributed by atoms with Crippen molar-refractivity contribution in [3.8, 4) is 5.75 Å². The Morgan fingerprint density at radius 3 is 2.50 bits per heavy atom. The number of hydrogen-bond donors (Lipinski definition) is 1. The van der Waals surface area contributed by atoms with Crippen molar-refractivity contribution in [2.45, 2.75) is 26.2 Å². The number of methoxy groups -OCH3 is 1. The molecule has 0 aliphatic carbocycles. The molecule has 0 fully saturated rings. The van der Waals surface area contributed by atoms with Gasteiger partial charge in [-0.25, -0.2) is 0 Å². The molecule has 1 aromatic rings. The third-order valence-electron chi connectivity index (χ3n) is 3.30. The molecule has 20 heavy (non-hydrogen) atoms. The second-order valence-electron chi connectivity index (χ2n) is 5.97. The van der Waals surface area contributed by atoms with Crippen LogP contribution in [0.2, 0.25) is 0 Å². The van der Waals surface area contributed by atoms with Gasteiger partial charge in [-0.05, 0) is 18.5 Å². The van der Waals surface area contributed by atoms with Crippen LogP contribution in [0.25, 0.3) is 0 Å². The second kappa shape index (κ2) is 6.75. The number of nitrogens with one attached hydrogen (secondary N) is 1. The van der Waals surface area contributed by atoms with Crippen LogP contribution in [-0.4, -0.2) is 45.1 Å². The summed E-state index contributed by atoms with van der Waals surface area (Å²) in [5, 5.41) is 3.04. The first-order chi connectivity index (χ1) is 9.32. The van der Waals surface area contributed by atoms with Crippen molar-refractivity contribution >= 4 is 5.91 Å². The zero-order chi connectivity index (χ0) is 15.3. The zero-order valence-electron chi connectivity index (χ0n) is 13.4. The number of nitrogens with zero attached hydrogens (tertiary/aromatic N) is 1. The molecule has 0 atom stereocenters. The molecular formula is C16H26N2O2. The molecule has 0 heterocycles. The molecule has 0 aromatic heterocycles. The van der Waals surface area contributed by atoms with E-state index in [1.807, 2.05) is 32.3 Å². The zero-order valence-corrected chi connectivity index (χ0v) is 13.4. The van der Waals surface area contributed by atoms with Crippen LogP contribution in [0.15, 0.2) is 18.2 Å². The van der Waals surface area contributed by atoms with Crippen molar-refractivity contribution in [2.24, 2.45) is 0 Å². The molecule has 4 nitrogen and oxygen atoms in total. The SMILES string of the molecule is CNCCN(C)C(=O)c1cccc(C(C)(C)C)c1OC. The van der Waals surface area contributed by atoms with Crippen molar-refractivity contribution in [1.29, 1.82) is 0 Å². The average Bonchev–Trinajstić information content (AvgIpc) is 2.41. The maximum atomic E-state index is 12.5. The summed E-state index contributed by atoms with van der Waals surface area (Å²) in [6.45, 7) is 7.78. The van der Waals surface area contributed by atoms with Gasteiger partial charge in [0.1, 0.15) is 5.75 Å². The molecule has 1 rings (SSSR count). The van der Waals surface area contributed by atoms with E-state index in [4.69, 9.17) is 4.74 Å². The van der Waals surface area contributed by atoms with Crippen LogP contribution in [0.4, 0.5) is 0 Å². The summed E-state index contributed by atoms with van der Waals surface area (Å²) in [6.07, 6.45) is 0. The van der Waals surface area contributed by atoms with E-state index in [2.05, 4.69) is 26.1 Å². The number of likely N-dealkylation sites (N-methyl/N-ethyl adjacent to an activating group) is 2. The minimum absolute atomic E-state index is 0.0109. The molecule has 0 radical (unpaired) electrons. The Labute approximate surface area is 122 Å². The number of ether oxygens (including phenoxy) is 1. The van der Waals surface area contributed by atoms with Gasteiger partial charge in [0, 0.05) is 25.7 Å². The number of benzene rings is 1. The fraction of sp³-hybridized carbons (Fsp3) is 0.562. The molecule has 0 bridgehead atoms. The lowest BCUT2D eigenvalue weighted by Crippen LogP contribution is -2.33. The highest BCUT2D eigenvalue weighted by atomic mass is 16.5. The first kappa shape index (κ1) is 16.5. The summed E-state index contributed by atoms with van der Waals surface area (Å²) in [7, 11) is 5.30. The van der Waals surface area contributed by atoms with E-state index >= 15 is 0 Å². The number of amides is 1. The van der Waals surface area contributed by atoms with Crippen molar-refractivity contribution in [3.05, 3.63) is 29.3 Å². The van der Waals surface area contributed by atoms with Gasteiger partial charge in [0.2, 0.25) is 0 Å². The lowest BCUT2D eigenvalue weighted by Gasteiger charge is -2.25. The molecule has 112 valence electrons. The van der Waals surface area contributed by atoms with Crippen LogP contribution in [0.5, 0.6) is 5.75 Å². The van der Waals surface area contributed by atoms with Gasteiger partial charge in [-0.15, -0.1) is 0 Å². The van der Waals surface area contributed by atoms with E-state index in [1.54, 1.807) is 12.0 Å². The van der Waals surface area contributed by atoms with Crippen LogP contribution >= 0.6 is 0 Å². The highest BCUT2D eigenvalue weighted by Crippen LogP contribution is 2.34. The number of para-hydroxylation sites is 1. The Hall–Kier alpha value is -1.55. The summed E-state index contributed by atoms with van der Waals surface area (Å²) in [5.41, 5.74) is 1.61. The van der Waals surface area contributed by atoms with E-state index in [-0.39, 0.29) is 11.3 Å². The molecule has 0 saturated carbocycles. The van der Waals surface area contributed by atoms with E-state index in [0.29, 0.717) is 17.9 Å². The average molecular weight is 278 g/mol. The van der Waals surface area contributed by atoms with Gasteiger partial charge in [-0.2, -0.15) is 0 Å². The van der Waals surface area contributed by atoms with Gasteiger partial charge in [0.25, 0.3) is 5.91 Å². The first-order valence-corrected chi connectivity index (χ1v) is 6.90. The van der Waals surface area contributed by atoms with E-state index < -0.39 is 0 Å². The van der Waals surface area contributed by atoms with Gasteiger partial charge in [0.15, 0.2) is 0 Å². The van der Waals surface area contributed by atoms with Crippen molar-refractivity contribution in [3.63, 3.8) is 0 Å². The summed E-state index contributed by atoms with van der Waals surface area (Å²) >= 11 is 0. The molecule has 0 aliphatic heterocycles. The quantitative estimate of drug-likeness (QED) is 0.898. The maximum absolute atomic E-state index is 12.5. The summed E-state index contributed by atoms with van der Waals surface area (Å²) < 4.78 is 5.52. The highest BCUT2D eigenvalue weighted by Gasteiger charge is 2.24. The van der Waals surface area contributed by atoms with Crippen LogP contribution < -0.4 is 10.1 Å². The fourth-order valence-corrected chi connectivity index (χ4v) is 2.10. The Bertz CT molecular complexity index is 464. The highest BCUT2D eigenvalue weighted by molar-refractivity contribution is 5.97. The van der Waals surface area contributed by atoms with E-state index in [9.17, 15) is 4.79 Å². The van der Waals surface area contributed by atoms with Crippen molar-refractivity contribution in [2.75, 3.05) is 34.3 Å². The molecule has 0 spiro atoms. The van der Waals surface area contributed by atoms with Crippen LogP contribution in [0.3, 0.4) is 0 Å². The van der Waals surface area contributed by atoms with Crippen molar-refractivity contribution < 1.29 is 9.53 Å². The summed E-state index contributed by atoms with van der Waals surface area (Å²) in [5.74, 6) is 0.671. The number of carbonyl (C=O) groups excluding carboxylic acids is 1. The standard InChI is InChI=1S/C16H26N2O2/c1-16(2,3)13-9-7-8-12(14(13)20-6)15(19)18(5)11-10-17-4/h7-9,17H,10-11H2,1-6H3. The number of rotatable bonds is 5. The van der Waals surface area contributed by atoms with Crippen LogP contribution in [0.1, 0.15) is 36.7 Å².